The summed E-state index contributed by atoms with van der Waals surface area (Å²) in [6, 6.07) is 7.89. The Morgan fingerprint density at radius 2 is 2.18 bits per heavy atom. The standard InChI is InChI=1S/C15H20O2/c1-15(2)9-5-8-13(15)11-6-4-7-12(10-11)14(16)17-3/h4,6-7,10,13H,5,8-9H2,1-3H3. The summed E-state index contributed by atoms with van der Waals surface area (Å²) in [6.07, 6.45) is 3.76. The van der Waals surface area contributed by atoms with Crippen LogP contribution in [0.2, 0.25) is 0 Å². The van der Waals surface area contributed by atoms with Crippen molar-refractivity contribution in [1.29, 1.82) is 0 Å². The van der Waals surface area contributed by atoms with E-state index in [0.717, 1.165) is 0 Å². The van der Waals surface area contributed by atoms with E-state index in [4.69, 9.17) is 4.74 Å². The van der Waals surface area contributed by atoms with E-state index in [9.17, 15) is 4.79 Å². The molecule has 2 heteroatoms. The zero-order chi connectivity index (χ0) is 12.5. The van der Waals surface area contributed by atoms with Crippen LogP contribution in [-0.2, 0) is 4.74 Å². The van der Waals surface area contributed by atoms with Crippen molar-refractivity contribution in [3.63, 3.8) is 0 Å². The second-order valence-corrected chi connectivity index (χ2v) is 5.55. The zero-order valence-corrected chi connectivity index (χ0v) is 10.8. The molecule has 92 valence electrons. The second-order valence-electron chi connectivity index (χ2n) is 5.55. The molecule has 0 saturated heterocycles. The minimum atomic E-state index is -0.248. The van der Waals surface area contributed by atoms with Gasteiger partial charge >= 0.3 is 5.97 Å². The van der Waals surface area contributed by atoms with E-state index in [1.807, 2.05) is 18.2 Å². The molecule has 1 aliphatic carbocycles. The lowest BCUT2D eigenvalue weighted by molar-refractivity contribution is 0.0600. The van der Waals surface area contributed by atoms with Gasteiger partial charge < -0.3 is 4.74 Å². The van der Waals surface area contributed by atoms with Crippen LogP contribution < -0.4 is 0 Å². The molecule has 0 amide bonds. The number of ether oxygens (including phenoxy) is 1. The average molecular weight is 232 g/mol. The molecule has 0 aliphatic heterocycles. The SMILES string of the molecule is COC(=O)c1cccc(C2CCCC2(C)C)c1. The zero-order valence-electron chi connectivity index (χ0n) is 10.8. The van der Waals surface area contributed by atoms with Crippen molar-refractivity contribution in [1.82, 2.24) is 0 Å². The summed E-state index contributed by atoms with van der Waals surface area (Å²) in [6.45, 7) is 4.63. The van der Waals surface area contributed by atoms with Crippen LogP contribution in [0.4, 0.5) is 0 Å². The number of hydrogen-bond acceptors (Lipinski definition) is 2. The Morgan fingerprint density at radius 3 is 2.76 bits per heavy atom. The molecule has 1 fully saturated rings. The molecular weight excluding hydrogens is 212 g/mol. The monoisotopic (exact) mass is 232 g/mol. The Kier molecular flexibility index (Phi) is 3.23. The van der Waals surface area contributed by atoms with E-state index in [1.54, 1.807) is 0 Å². The minimum absolute atomic E-state index is 0.248. The van der Waals surface area contributed by atoms with Crippen molar-refractivity contribution in [2.45, 2.75) is 39.0 Å². The lowest BCUT2D eigenvalue weighted by Gasteiger charge is -2.27. The smallest absolute Gasteiger partial charge is 0.337 e. The molecule has 1 aromatic rings. The van der Waals surface area contributed by atoms with Crippen LogP contribution in [0, 0.1) is 5.41 Å². The summed E-state index contributed by atoms with van der Waals surface area (Å²) < 4.78 is 4.77. The molecule has 1 aliphatic rings. The molecule has 0 radical (unpaired) electrons. The predicted molar refractivity (Wildman–Crippen MR) is 68.2 cm³/mol. The molecule has 2 nitrogen and oxygen atoms in total. The predicted octanol–water partition coefficient (Wildman–Crippen LogP) is 3.77. The molecule has 1 atom stereocenters. The summed E-state index contributed by atoms with van der Waals surface area (Å²) in [5.74, 6) is 0.315. The lowest BCUT2D eigenvalue weighted by atomic mass is 9.77. The van der Waals surface area contributed by atoms with E-state index >= 15 is 0 Å². The van der Waals surface area contributed by atoms with Crippen LogP contribution in [0.5, 0.6) is 0 Å². The van der Waals surface area contributed by atoms with Crippen LogP contribution in [0.1, 0.15) is 54.9 Å². The van der Waals surface area contributed by atoms with Gasteiger partial charge in [0.1, 0.15) is 0 Å². The molecule has 1 aromatic carbocycles. The summed E-state index contributed by atoms with van der Waals surface area (Å²) in [5, 5.41) is 0. The summed E-state index contributed by atoms with van der Waals surface area (Å²) >= 11 is 0. The van der Waals surface area contributed by atoms with Gasteiger partial charge in [0, 0.05) is 0 Å². The van der Waals surface area contributed by atoms with E-state index in [2.05, 4.69) is 19.9 Å². The lowest BCUT2D eigenvalue weighted by Crippen LogP contribution is -2.16. The van der Waals surface area contributed by atoms with Crippen LogP contribution in [-0.4, -0.2) is 13.1 Å². The third-order valence-corrected chi connectivity index (χ3v) is 3.97. The van der Waals surface area contributed by atoms with E-state index in [-0.39, 0.29) is 5.97 Å². The molecule has 0 spiro atoms. The molecule has 1 saturated carbocycles. The third-order valence-electron chi connectivity index (χ3n) is 3.97. The fourth-order valence-corrected chi connectivity index (χ4v) is 2.94. The molecule has 1 unspecified atom stereocenters. The Bertz CT molecular complexity index is 421. The number of benzene rings is 1. The van der Waals surface area contributed by atoms with Gasteiger partial charge in [0.2, 0.25) is 0 Å². The molecular formula is C15H20O2. The van der Waals surface area contributed by atoms with Crippen LogP contribution in [0.25, 0.3) is 0 Å². The number of carbonyl (C=O) groups excluding carboxylic acids is 1. The summed E-state index contributed by atoms with van der Waals surface area (Å²) in [7, 11) is 1.43. The average Bonchev–Trinajstić information content (AvgIpc) is 2.68. The molecule has 0 heterocycles. The van der Waals surface area contributed by atoms with Crippen molar-refractivity contribution in [2.75, 3.05) is 7.11 Å². The molecule has 0 bridgehead atoms. The van der Waals surface area contributed by atoms with Gasteiger partial charge in [0.25, 0.3) is 0 Å². The van der Waals surface area contributed by atoms with Gasteiger partial charge in [-0.15, -0.1) is 0 Å². The highest BCUT2D eigenvalue weighted by Gasteiger charge is 2.35. The Balaban J connectivity index is 2.30. The van der Waals surface area contributed by atoms with E-state index in [0.29, 0.717) is 16.9 Å². The highest BCUT2D eigenvalue weighted by molar-refractivity contribution is 5.89. The van der Waals surface area contributed by atoms with Crippen LogP contribution in [0.3, 0.4) is 0 Å². The van der Waals surface area contributed by atoms with Gasteiger partial charge in [0.15, 0.2) is 0 Å². The maximum atomic E-state index is 11.5. The van der Waals surface area contributed by atoms with Crippen LogP contribution >= 0.6 is 0 Å². The fraction of sp³-hybridized carbons (Fsp3) is 0.533. The van der Waals surface area contributed by atoms with Gasteiger partial charge in [-0.1, -0.05) is 32.4 Å². The highest BCUT2D eigenvalue weighted by Crippen LogP contribution is 2.48. The quantitative estimate of drug-likeness (QED) is 0.725. The van der Waals surface area contributed by atoms with Crippen molar-refractivity contribution >= 4 is 5.97 Å². The number of methoxy groups -OCH3 is 1. The minimum Gasteiger partial charge on any atom is -0.465 e. The number of hydrogen-bond donors (Lipinski definition) is 0. The van der Waals surface area contributed by atoms with Gasteiger partial charge in [-0.2, -0.15) is 0 Å². The highest BCUT2D eigenvalue weighted by atomic mass is 16.5. The molecule has 0 N–H and O–H groups in total. The largest absolute Gasteiger partial charge is 0.465 e. The first-order valence-corrected chi connectivity index (χ1v) is 6.23. The molecule has 0 aromatic heterocycles. The first kappa shape index (κ1) is 12.2. The van der Waals surface area contributed by atoms with Crippen LogP contribution in [0.15, 0.2) is 24.3 Å². The summed E-state index contributed by atoms with van der Waals surface area (Å²) in [4.78, 5) is 11.5. The maximum absolute atomic E-state index is 11.5. The molecule has 2 rings (SSSR count). The van der Waals surface area contributed by atoms with E-state index in [1.165, 1.54) is 31.9 Å². The Labute approximate surface area is 103 Å². The number of carbonyl (C=O) groups is 1. The first-order valence-electron chi connectivity index (χ1n) is 6.23. The summed E-state index contributed by atoms with van der Waals surface area (Å²) in [5.41, 5.74) is 2.28. The van der Waals surface area contributed by atoms with E-state index < -0.39 is 0 Å². The maximum Gasteiger partial charge on any atom is 0.337 e. The first-order chi connectivity index (χ1) is 8.04. The van der Waals surface area contributed by atoms with Gasteiger partial charge in [0.05, 0.1) is 12.7 Å². The Hall–Kier alpha value is -1.31. The van der Waals surface area contributed by atoms with Gasteiger partial charge in [-0.3, -0.25) is 0 Å². The molecule has 17 heavy (non-hydrogen) atoms. The van der Waals surface area contributed by atoms with Gasteiger partial charge in [-0.05, 0) is 41.9 Å². The fourth-order valence-electron chi connectivity index (χ4n) is 2.94. The topological polar surface area (TPSA) is 26.3 Å². The normalized spacial score (nSPS) is 22.4. The number of rotatable bonds is 2. The van der Waals surface area contributed by atoms with Crippen molar-refractivity contribution in [3.8, 4) is 0 Å². The van der Waals surface area contributed by atoms with Crippen molar-refractivity contribution < 1.29 is 9.53 Å². The van der Waals surface area contributed by atoms with Crippen molar-refractivity contribution in [3.05, 3.63) is 35.4 Å². The van der Waals surface area contributed by atoms with Crippen molar-refractivity contribution in [2.24, 2.45) is 5.41 Å². The Morgan fingerprint density at radius 1 is 1.41 bits per heavy atom. The third kappa shape index (κ3) is 2.36. The second kappa shape index (κ2) is 4.52. The van der Waals surface area contributed by atoms with Gasteiger partial charge in [-0.25, -0.2) is 4.79 Å². The number of esters is 1.